The quantitative estimate of drug-likeness (QED) is 0.603. The van der Waals surface area contributed by atoms with E-state index in [9.17, 15) is 0 Å². The molecule has 3 aromatic heterocycles. The lowest BCUT2D eigenvalue weighted by atomic mass is 10.1. The smallest absolute Gasteiger partial charge is 0.123 e. The van der Waals surface area contributed by atoms with Gasteiger partial charge in [0.05, 0.1) is 17.1 Å². The van der Waals surface area contributed by atoms with Crippen LogP contribution in [0.15, 0.2) is 73.1 Å². The predicted octanol–water partition coefficient (Wildman–Crippen LogP) is 3.78. The Labute approximate surface area is 139 Å². The van der Waals surface area contributed by atoms with Gasteiger partial charge < -0.3 is 5.73 Å². The fourth-order valence-corrected chi connectivity index (χ4v) is 2.59. The van der Waals surface area contributed by atoms with Crippen LogP contribution in [0.3, 0.4) is 0 Å². The molecule has 116 valence electrons. The van der Waals surface area contributed by atoms with Crippen molar-refractivity contribution in [2.45, 2.75) is 0 Å². The molecule has 0 radical (unpaired) electrons. The van der Waals surface area contributed by atoms with E-state index < -0.39 is 0 Å². The van der Waals surface area contributed by atoms with E-state index in [1.54, 1.807) is 12.4 Å². The summed E-state index contributed by atoms with van der Waals surface area (Å²) in [6.07, 6.45) is 3.49. The van der Waals surface area contributed by atoms with Crippen molar-refractivity contribution in [2.75, 3.05) is 5.73 Å². The van der Waals surface area contributed by atoms with Gasteiger partial charge in [-0.15, -0.1) is 0 Å². The van der Waals surface area contributed by atoms with Crippen molar-refractivity contribution in [3.8, 4) is 33.8 Å². The molecule has 0 fully saturated rings. The Morgan fingerprint density at radius 1 is 0.708 bits per heavy atom. The topological polar surface area (TPSA) is 80.5 Å². The first kappa shape index (κ1) is 14.1. The summed E-state index contributed by atoms with van der Waals surface area (Å²) in [5.41, 5.74) is 11.5. The third-order valence-electron chi connectivity index (χ3n) is 3.80. The van der Waals surface area contributed by atoms with Crippen molar-refractivity contribution in [1.29, 1.82) is 0 Å². The van der Waals surface area contributed by atoms with Crippen LogP contribution in [0.4, 0.5) is 5.82 Å². The van der Waals surface area contributed by atoms with Crippen molar-refractivity contribution >= 4 is 5.82 Å². The summed E-state index contributed by atoms with van der Waals surface area (Å²) < 4.78 is 0. The highest BCUT2D eigenvalue weighted by atomic mass is 15.1. The normalized spacial score (nSPS) is 10.7. The average Bonchev–Trinajstić information content (AvgIpc) is 3.13. The van der Waals surface area contributed by atoms with Crippen LogP contribution in [0.2, 0.25) is 0 Å². The Balaban J connectivity index is 1.70. The summed E-state index contributed by atoms with van der Waals surface area (Å²) in [4.78, 5) is 8.46. The monoisotopic (exact) mass is 313 g/mol. The lowest BCUT2D eigenvalue weighted by molar-refractivity contribution is 1.10. The van der Waals surface area contributed by atoms with Crippen LogP contribution in [0.25, 0.3) is 33.8 Å². The fourth-order valence-electron chi connectivity index (χ4n) is 2.59. The number of nitrogen functional groups attached to an aromatic ring is 1. The number of pyridine rings is 2. The van der Waals surface area contributed by atoms with Crippen LogP contribution in [-0.4, -0.2) is 20.2 Å². The average molecular weight is 313 g/mol. The summed E-state index contributed by atoms with van der Waals surface area (Å²) in [5.74, 6) is 0.485. The summed E-state index contributed by atoms with van der Waals surface area (Å²) in [6.45, 7) is 0. The molecule has 3 heterocycles. The number of hydrogen-bond acceptors (Lipinski definition) is 4. The third kappa shape index (κ3) is 2.75. The molecular weight excluding hydrogens is 298 g/mol. The number of benzene rings is 1. The minimum absolute atomic E-state index is 0.485. The van der Waals surface area contributed by atoms with Gasteiger partial charge in [-0.2, -0.15) is 5.10 Å². The largest absolute Gasteiger partial charge is 0.384 e. The number of nitrogens with one attached hydrogen (secondary N) is 1. The first-order chi connectivity index (χ1) is 11.8. The number of H-pyrrole nitrogens is 1. The van der Waals surface area contributed by atoms with E-state index in [1.165, 1.54) is 0 Å². The van der Waals surface area contributed by atoms with Crippen LogP contribution in [0.1, 0.15) is 0 Å². The fraction of sp³-hybridized carbons (Fsp3) is 0. The molecular formula is C19H15N5. The Kier molecular flexibility index (Phi) is 3.51. The van der Waals surface area contributed by atoms with E-state index in [0.717, 1.165) is 33.8 Å². The van der Waals surface area contributed by atoms with Gasteiger partial charge in [-0.05, 0) is 30.3 Å². The van der Waals surface area contributed by atoms with Crippen LogP contribution in [0.5, 0.6) is 0 Å². The van der Waals surface area contributed by atoms with Gasteiger partial charge in [0, 0.05) is 29.1 Å². The summed E-state index contributed by atoms with van der Waals surface area (Å²) in [6, 6.07) is 19.8. The first-order valence-corrected chi connectivity index (χ1v) is 7.59. The lowest BCUT2D eigenvalue weighted by Gasteiger charge is -2.02. The zero-order valence-electron chi connectivity index (χ0n) is 12.8. The molecule has 5 nitrogen and oxygen atoms in total. The van der Waals surface area contributed by atoms with E-state index in [2.05, 4.69) is 20.2 Å². The molecule has 0 aliphatic heterocycles. The molecule has 24 heavy (non-hydrogen) atoms. The number of nitrogens with two attached hydrogens (primary N) is 1. The Morgan fingerprint density at radius 3 is 2.33 bits per heavy atom. The minimum Gasteiger partial charge on any atom is -0.384 e. The molecule has 5 heteroatoms. The zero-order chi connectivity index (χ0) is 16.4. The second kappa shape index (κ2) is 5.96. The molecule has 0 saturated carbocycles. The van der Waals surface area contributed by atoms with Crippen molar-refractivity contribution in [2.24, 2.45) is 0 Å². The third-order valence-corrected chi connectivity index (χ3v) is 3.80. The zero-order valence-corrected chi connectivity index (χ0v) is 12.8. The van der Waals surface area contributed by atoms with E-state index in [4.69, 9.17) is 5.73 Å². The molecule has 0 aliphatic carbocycles. The Bertz CT molecular complexity index is 976. The van der Waals surface area contributed by atoms with E-state index >= 15 is 0 Å². The molecule has 4 rings (SSSR count). The molecule has 0 unspecified atom stereocenters. The van der Waals surface area contributed by atoms with Gasteiger partial charge in [0.1, 0.15) is 5.82 Å². The molecule has 0 spiro atoms. The second-order valence-corrected chi connectivity index (χ2v) is 5.43. The van der Waals surface area contributed by atoms with Crippen molar-refractivity contribution in [3.05, 3.63) is 73.1 Å². The van der Waals surface area contributed by atoms with Crippen LogP contribution < -0.4 is 5.73 Å². The molecule has 0 bridgehead atoms. The van der Waals surface area contributed by atoms with Gasteiger partial charge in [-0.3, -0.25) is 10.1 Å². The van der Waals surface area contributed by atoms with Crippen molar-refractivity contribution in [3.63, 3.8) is 0 Å². The second-order valence-electron chi connectivity index (χ2n) is 5.43. The predicted molar refractivity (Wildman–Crippen MR) is 94.9 cm³/mol. The first-order valence-electron chi connectivity index (χ1n) is 7.59. The molecule has 0 amide bonds. The minimum atomic E-state index is 0.485. The highest BCUT2D eigenvalue weighted by Gasteiger charge is 2.08. The molecule has 0 aliphatic rings. The van der Waals surface area contributed by atoms with Gasteiger partial charge in [-0.25, -0.2) is 4.98 Å². The van der Waals surface area contributed by atoms with Gasteiger partial charge in [0.2, 0.25) is 0 Å². The number of rotatable bonds is 3. The summed E-state index contributed by atoms with van der Waals surface area (Å²) in [7, 11) is 0. The highest BCUT2D eigenvalue weighted by molar-refractivity contribution is 5.72. The molecule has 1 aromatic carbocycles. The summed E-state index contributed by atoms with van der Waals surface area (Å²) in [5, 5.41) is 7.47. The molecule has 0 atom stereocenters. The molecule has 3 N–H and O–H groups in total. The number of aromatic amines is 1. The maximum atomic E-state index is 5.74. The van der Waals surface area contributed by atoms with Gasteiger partial charge in [0.25, 0.3) is 0 Å². The highest BCUT2D eigenvalue weighted by Crippen LogP contribution is 2.26. The number of anilines is 1. The van der Waals surface area contributed by atoms with Gasteiger partial charge in [-0.1, -0.05) is 30.3 Å². The van der Waals surface area contributed by atoms with E-state index in [0.29, 0.717) is 5.82 Å². The number of hydrogen-bond donors (Lipinski definition) is 2. The van der Waals surface area contributed by atoms with Crippen molar-refractivity contribution in [1.82, 2.24) is 20.2 Å². The van der Waals surface area contributed by atoms with Crippen molar-refractivity contribution < 1.29 is 0 Å². The van der Waals surface area contributed by atoms with Crippen LogP contribution in [-0.2, 0) is 0 Å². The number of aromatic nitrogens is 4. The van der Waals surface area contributed by atoms with Crippen LogP contribution in [0, 0.1) is 0 Å². The van der Waals surface area contributed by atoms with Gasteiger partial charge >= 0.3 is 0 Å². The van der Waals surface area contributed by atoms with E-state index in [-0.39, 0.29) is 0 Å². The standard InChI is InChI=1S/C19H15N5/c20-19-11-15(7-9-22-19)18-12-17(23-24-18)14-6-8-21-16(10-14)13-4-2-1-3-5-13/h1-12H,(H2,20,22)(H,23,24). The Hall–Kier alpha value is -3.47. The molecule has 0 saturated heterocycles. The lowest BCUT2D eigenvalue weighted by Crippen LogP contribution is -1.89. The number of nitrogens with zero attached hydrogens (tertiary/aromatic N) is 3. The summed E-state index contributed by atoms with van der Waals surface area (Å²) >= 11 is 0. The van der Waals surface area contributed by atoms with Crippen LogP contribution >= 0.6 is 0 Å². The SMILES string of the molecule is Nc1cc(-c2cc(-c3ccnc(-c4ccccc4)c3)n[nH]2)ccn1. The maximum absolute atomic E-state index is 5.74. The van der Waals surface area contributed by atoms with Gasteiger partial charge in [0.15, 0.2) is 0 Å². The molecule has 4 aromatic rings. The van der Waals surface area contributed by atoms with E-state index in [1.807, 2.05) is 60.7 Å². The maximum Gasteiger partial charge on any atom is 0.123 e. The Morgan fingerprint density at radius 2 is 1.50 bits per heavy atom.